The Morgan fingerprint density at radius 3 is 2.62 bits per heavy atom. The van der Waals surface area contributed by atoms with Crippen molar-refractivity contribution < 1.29 is 4.79 Å². The average molecular weight is 281 g/mol. The van der Waals surface area contributed by atoms with E-state index in [2.05, 4.69) is 31.3 Å². The predicted molar refractivity (Wildman–Crippen MR) is 87.4 cm³/mol. The van der Waals surface area contributed by atoms with Crippen LogP contribution in [0.1, 0.15) is 43.5 Å². The van der Waals surface area contributed by atoms with E-state index in [1.807, 2.05) is 30.3 Å². The molecule has 0 unspecified atom stereocenters. The van der Waals surface area contributed by atoms with Crippen molar-refractivity contribution in [2.24, 2.45) is 11.8 Å². The molecule has 0 radical (unpaired) electrons. The zero-order valence-electron chi connectivity index (χ0n) is 12.8. The van der Waals surface area contributed by atoms with Crippen LogP contribution in [0.2, 0.25) is 0 Å². The van der Waals surface area contributed by atoms with Gasteiger partial charge in [-0.1, -0.05) is 57.0 Å². The van der Waals surface area contributed by atoms with E-state index in [9.17, 15) is 4.79 Å². The molecule has 1 aliphatic rings. The minimum absolute atomic E-state index is 0.0618. The number of rotatable bonds is 2. The van der Waals surface area contributed by atoms with Gasteiger partial charge in [0.1, 0.15) is 0 Å². The molecule has 1 amide bonds. The quantitative estimate of drug-likeness (QED) is 0.868. The van der Waals surface area contributed by atoms with Gasteiger partial charge in [0.2, 0.25) is 0 Å². The molecule has 0 heterocycles. The summed E-state index contributed by atoms with van der Waals surface area (Å²) in [5.74, 6) is 1.32. The van der Waals surface area contributed by atoms with E-state index in [0.29, 0.717) is 17.9 Å². The van der Waals surface area contributed by atoms with Crippen LogP contribution in [0, 0.1) is 11.8 Å². The first-order valence-corrected chi connectivity index (χ1v) is 7.95. The zero-order valence-corrected chi connectivity index (χ0v) is 12.8. The van der Waals surface area contributed by atoms with Gasteiger partial charge in [0.25, 0.3) is 5.91 Å². The second-order valence-corrected chi connectivity index (χ2v) is 6.41. The molecule has 2 aromatic rings. The van der Waals surface area contributed by atoms with Gasteiger partial charge in [0.05, 0.1) is 0 Å². The molecule has 3 atom stereocenters. The maximum atomic E-state index is 12.5. The van der Waals surface area contributed by atoms with Crippen molar-refractivity contribution >= 4 is 16.7 Å². The van der Waals surface area contributed by atoms with E-state index in [0.717, 1.165) is 17.4 Å². The number of carbonyl (C=O) groups excluding carboxylic acids is 1. The van der Waals surface area contributed by atoms with E-state index in [-0.39, 0.29) is 5.91 Å². The smallest absolute Gasteiger partial charge is 0.251 e. The highest BCUT2D eigenvalue weighted by Crippen LogP contribution is 2.29. The Morgan fingerprint density at radius 2 is 1.81 bits per heavy atom. The maximum absolute atomic E-state index is 12.5. The van der Waals surface area contributed by atoms with Gasteiger partial charge in [0, 0.05) is 11.6 Å². The lowest BCUT2D eigenvalue weighted by atomic mass is 9.78. The largest absolute Gasteiger partial charge is 0.349 e. The third-order valence-corrected chi connectivity index (χ3v) is 5.03. The van der Waals surface area contributed by atoms with Crippen molar-refractivity contribution in [1.29, 1.82) is 0 Å². The number of amides is 1. The lowest BCUT2D eigenvalue weighted by Gasteiger charge is -2.34. The molecule has 0 saturated heterocycles. The molecule has 2 nitrogen and oxygen atoms in total. The van der Waals surface area contributed by atoms with Crippen LogP contribution >= 0.6 is 0 Å². The van der Waals surface area contributed by atoms with Gasteiger partial charge in [0.15, 0.2) is 0 Å². The molecule has 21 heavy (non-hydrogen) atoms. The van der Waals surface area contributed by atoms with E-state index >= 15 is 0 Å². The molecule has 0 bridgehead atoms. The maximum Gasteiger partial charge on any atom is 0.251 e. The van der Waals surface area contributed by atoms with Crippen LogP contribution in [0.4, 0.5) is 0 Å². The molecule has 110 valence electrons. The molecular formula is C19H23NO. The molecule has 2 aromatic carbocycles. The Labute approximate surface area is 126 Å². The summed E-state index contributed by atoms with van der Waals surface area (Å²) in [6.07, 6.45) is 3.60. The first-order chi connectivity index (χ1) is 10.1. The molecular weight excluding hydrogens is 258 g/mol. The highest BCUT2D eigenvalue weighted by atomic mass is 16.1. The summed E-state index contributed by atoms with van der Waals surface area (Å²) in [6, 6.07) is 14.4. The standard InChI is InChI=1S/C19H23NO/c1-13-6-5-9-18(14(13)2)20-19(21)17-11-10-15-7-3-4-8-16(15)12-17/h3-4,7-8,10-14,18H,5-6,9H2,1-2H3,(H,20,21)/t13-,14+,18-/m0/s1. The Morgan fingerprint density at radius 1 is 1.05 bits per heavy atom. The average Bonchev–Trinajstić information content (AvgIpc) is 2.51. The summed E-state index contributed by atoms with van der Waals surface area (Å²) in [4.78, 5) is 12.5. The van der Waals surface area contributed by atoms with Crippen molar-refractivity contribution in [3.05, 3.63) is 48.0 Å². The molecule has 1 N–H and O–H groups in total. The van der Waals surface area contributed by atoms with Crippen LogP contribution in [-0.2, 0) is 0 Å². The third-order valence-electron chi connectivity index (χ3n) is 5.03. The van der Waals surface area contributed by atoms with Crippen LogP contribution in [-0.4, -0.2) is 11.9 Å². The Balaban J connectivity index is 1.77. The number of nitrogens with one attached hydrogen (secondary N) is 1. The van der Waals surface area contributed by atoms with Gasteiger partial charge >= 0.3 is 0 Å². The lowest BCUT2D eigenvalue weighted by molar-refractivity contribution is 0.0891. The monoisotopic (exact) mass is 281 g/mol. The van der Waals surface area contributed by atoms with Gasteiger partial charge in [-0.15, -0.1) is 0 Å². The second-order valence-electron chi connectivity index (χ2n) is 6.41. The highest BCUT2D eigenvalue weighted by Gasteiger charge is 2.28. The Hall–Kier alpha value is -1.83. The normalized spacial score (nSPS) is 25.7. The molecule has 0 aromatic heterocycles. The van der Waals surface area contributed by atoms with Crippen LogP contribution < -0.4 is 5.32 Å². The van der Waals surface area contributed by atoms with Crippen molar-refractivity contribution in [1.82, 2.24) is 5.32 Å². The number of hydrogen-bond donors (Lipinski definition) is 1. The van der Waals surface area contributed by atoms with Crippen molar-refractivity contribution in [3.63, 3.8) is 0 Å². The fourth-order valence-corrected chi connectivity index (χ4v) is 3.37. The van der Waals surface area contributed by atoms with Gasteiger partial charge in [-0.25, -0.2) is 0 Å². The number of benzene rings is 2. The van der Waals surface area contributed by atoms with Crippen LogP contribution in [0.25, 0.3) is 10.8 Å². The third kappa shape index (κ3) is 2.94. The Bertz CT molecular complexity index is 649. The number of fused-ring (bicyclic) bond motifs is 1. The lowest BCUT2D eigenvalue weighted by Crippen LogP contribution is -2.43. The van der Waals surface area contributed by atoms with E-state index < -0.39 is 0 Å². The summed E-state index contributed by atoms with van der Waals surface area (Å²) in [7, 11) is 0. The SMILES string of the molecule is C[C@H]1[C@@H](NC(=O)c2ccc3ccccc3c2)CCC[C@@H]1C. The fraction of sp³-hybridized carbons (Fsp3) is 0.421. The van der Waals surface area contributed by atoms with Crippen molar-refractivity contribution in [2.45, 2.75) is 39.2 Å². The molecule has 1 fully saturated rings. The van der Waals surface area contributed by atoms with Crippen LogP contribution in [0.15, 0.2) is 42.5 Å². The number of carbonyl (C=O) groups is 1. The van der Waals surface area contributed by atoms with Gasteiger partial charge < -0.3 is 5.32 Å². The predicted octanol–water partition coefficient (Wildman–Crippen LogP) is 4.39. The first kappa shape index (κ1) is 14.1. The van der Waals surface area contributed by atoms with Crippen LogP contribution in [0.5, 0.6) is 0 Å². The van der Waals surface area contributed by atoms with Gasteiger partial charge in [-0.2, -0.15) is 0 Å². The van der Waals surface area contributed by atoms with E-state index in [1.54, 1.807) is 0 Å². The summed E-state index contributed by atoms with van der Waals surface area (Å²) in [5.41, 5.74) is 0.763. The highest BCUT2D eigenvalue weighted by molar-refractivity contribution is 5.98. The topological polar surface area (TPSA) is 29.1 Å². The summed E-state index contributed by atoms with van der Waals surface area (Å²) < 4.78 is 0. The molecule has 3 rings (SSSR count). The van der Waals surface area contributed by atoms with E-state index in [1.165, 1.54) is 18.2 Å². The molecule has 1 aliphatic carbocycles. The van der Waals surface area contributed by atoms with Crippen LogP contribution in [0.3, 0.4) is 0 Å². The van der Waals surface area contributed by atoms with Gasteiger partial charge in [-0.05, 0) is 41.2 Å². The fourth-order valence-electron chi connectivity index (χ4n) is 3.37. The molecule has 0 spiro atoms. The first-order valence-electron chi connectivity index (χ1n) is 7.95. The summed E-state index contributed by atoms with van der Waals surface area (Å²) in [5, 5.41) is 5.54. The molecule has 0 aliphatic heterocycles. The minimum Gasteiger partial charge on any atom is -0.349 e. The second kappa shape index (κ2) is 5.88. The molecule has 1 saturated carbocycles. The molecule has 2 heteroatoms. The van der Waals surface area contributed by atoms with Crippen molar-refractivity contribution in [2.75, 3.05) is 0 Å². The number of hydrogen-bond acceptors (Lipinski definition) is 1. The van der Waals surface area contributed by atoms with Gasteiger partial charge in [-0.3, -0.25) is 4.79 Å². The van der Waals surface area contributed by atoms with Crippen molar-refractivity contribution in [3.8, 4) is 0 Å². The Kier molecular flexibility index (Phi) is 3.96. The summed E-state index contributed by atoms with van der Waals surface area (Å²) in [6.45, 7) is 4.55. The zero-order chi connectivity index (χ0) is 14.8. The summed E-state index contributed by atoms with van der Waals surface area (Å²) >= 11 is 0. The minimum atomic E-state index is 0.0618. The van der Waals surface area contributed by atoms with E-state index in [4.69, 9.17) is 0 Å².